The van der Waals surface area contributed by atoms with Crippen LogP contribution in [0, 0.1) is 0 Å². The number of aromatic nitrogens is 2. The molecule has 0 amide bonds. The third-order valence-electron chi connectivity index (χ3n) is 3.19. The molecule has 0 fully saturated rings. The zero-order valence-corrected chi connectivity index (χ0v) is 11.1. The lowest BCUT2D eigenvalue weighted by atomic mass is 10.2. The number of methoxy groups -OCH3 is 1. The average molecular weight is 284 g/mol. The molecule has 0 aliphatic rings. The number of carboxylic acid groups (broad SMARTS) is 1. The molecule has 0 bridgehead atoms. The van der Waals surface area contributed by atoms with Crippen LogP contribution < -0.4 is 4.74 Å². The minimum Gasteiger partial charge on any atom is -0.506 e. The lowest BCUT2D eigenvalue weighted by molar-refractivity contribution is 0.0693. The van der Waals surface area contributed by atoms with Gasteiger partial charge in [-0.2, -0.15) is 0 Å². The average Bonchev–Trinajstić information content (AvgIpc) is 2.88. The molecule has 6 heteroatoms. The number of aromatic carboxylic acids is 1. The Morgan fingerprint density at radius 1 is 1.24 bits per heavy atom. The summed E-state index contributed by atoms with van der Waals surface area (Å²) in [5.74, 6) is -0.362. The highest BCUT2D eigenvalue weighted by molar-refractivity contribution is 5.97. The van der Waals surface area contributed by atoms with E-state index in [1.807, 2.05) is 12.1 Å². The fraction of sp³-hybridized carbons (Fsp3) is 0.0667. The SMILES string of the molecule is COc1ccccc1-c1nc(C(=O)O)c2c(O)cccn12. The number of benzene rings is 1. The van der Waals surface area contributed by atoms with Crippen LogP contribution in [0.4, 0.5) is 0 Å². The second-order valence-corrected chi connectivity index (χ2v) is 4.40. The second kappa shape index (κ2) is 4.82. The second-order valence-electron chi connectivity index (χ2n) is 4.40. The molecule has 106 valence electrons. The van der Waals surface area contributed by atoms with Crippen LogP contribution in [0.15, 0.2) is 42.6 Å². The van der Waals surface area contributed by atoms with E-state index in [-0.39, 0.29) is 17.0 Å². The van der Waals surface area contributed by atoms with Crippen molar-refractivity contribution in [3.05, 3.63) is 48.3 Å². The first-order valence-corrected chi connectivity index (χ1v) is 6.20. The van der Waals surface area contributed by atoms with E-state index in [4.69, 9.17) is 4.74 Å². The number of imidazole rings is 1. The smallest absolute Gasteiger partial charge is 0.356 e. The lowest BCUT2D eigenvalue weighted by Gasteiger charge is -2.07. The molecule has 0 atom stereocenters. The van der Waals surface area contributed by atoms with Gasteiger partial charge in [0.05, 0.1) is 12.7 Å². The number of rotatable bonds is 3. The molecule has 0 spiro atoms. The Balaban J connectivity index is 2.39. The molecule has 0 saturated heterocycles. The first kappa shape index (κ1) is 13.0. The number of ether oxygens (including phenoxy) is 1. The van der Waals surface area contributed by atoms with E-state index in [1.165, 1.54) is 17.6 Å². The largest absolute Gasteiger partial charge is 0.506 e. The van der Waals surface area contributed by atoms with Gasteiger partial charge in [0, 0.05) is 6.20 Å². The molecule has 2 N–H and O–H groups in total. The van der Waals surface area contributed by atoms with Crippen molar-refractivity contribution in [3.63, 3.8) is 0 Å². The quantitative estimate of drug-likeness (QED) is 0.771. The number of hydrogen-bond acceptors (Lipinski definition) is 4. The molecule has 3 aromatic rings. The highest BCUT2D eigenvalue weighted by Crippen LogP contribution is 2.33. The Bertz CT molecular complexity index is 839. The van der Waals surface area contributed by atoms with Gasteiger partial charge in [0.25, 0.3) is 0 Å². The normalized spacial score (nSPS) is 10.7. The van der Waals surface area contributed by atoms with E-state index in [0.29, 0.717) is 17.1 Å². The highest BCUT2D eigenvalue weighted by atomic mass is 16.5. The fourth-order valence-corrected chi connectivity index (χ4v) is 2.29. The first-order chi connectivity index (χ1) is 10.1. The van der Waals surface area contributed by atoms with Gasteiger partial charge in [-0.15, -0.1) is 0 Å². The molecule has 0 saturated carbocycles. The standard InChI is InChI=1S/C15H12N2O4/c1-21-11-7-3-2-5-9(11)14-16-12(15(19)20)13-10(18)6-4-8-17(13)14/h2-8,18H,1H3,(H,19,20). The van der Waals surface area contributed by atoms with Gasteiger partial charge in [-0.1, -0.05) is 12.1 Å². The van der Waals surface area contributed by atoms with E-state index >= 15 is 0 Å². The van der Waals surface area contributed by atoms with Gasteiger partial charge in [-0.25, -0.2) is 9.78 Å². The lowest BCUT2D eigenvalue weighted by Crippen LogP contribution is -1.97. The number of fused-ring (bicyclic) bond motifs is 1. The number of pyridine rings is 1. The van der Waals surface area contributed by atoms with Crippen LogP contribution in [-0.2, 0) is 0 Å². The number of carbonyl (C=O) groups is 1. The van der Waals surface area contributed by atoms with Crippen molar-refractivity contribution in [2.45, 2.75) is 0 Å². The maximum Gasteiger partial charge on any atom is 0.356 e. The van der Waals surface area contributed by atoms with Gasteiger partial charge >= 0.3 is 5.97 Å². The molecule has 2 aromatic heterocycles. The predicted octanol–water partition coefficient (Wildman–Crippen LogP) is 2.41. The van der Waals surface area contributed by atoms with Crippen molar-refractivity contribution in [1.29, 1.82) is 0 Å². The number of carboxylic acids is 1. The molecule has 0 aliphatic heterocycles. The van der Waals surface area contributed by atoms with Crippen LogP contribution in [0.25, 0.3) is 16.9 Å². The molecular formula is C15H12N2O4. The van der Waals surface area contributed by atoms with E-state index in [0.717, 1.165) is 0 Å². The van der Waals surface area contributed by atoms with Gasteiger partial charge < -0.3 is 14.9 Å². The van der Waals surface area contributed by atoms with Crippen molar-refractivity contribution in [1.82, 2.24) is 9.38 Å². The van der Waals surface area contributed by atoms with Crippen molar-refractivity contribution < 1.29 is 19.7 Å². The summed E-state index contributed by atoms with van der Waals surface area (Å²) in [6.45, 7) is 0. The molecule has 2 heterocycles. The summed E-state index contributed by atoms with van der Waals surface area (Å²) < 4.78 is 6.82. The predicted molar refractivity (Wildman–Crippen MR) is 75.8 cm³/mol. The topological polar surface area (TPSA) is 84.1 Å². The van der Waals surface area contributed by atoms with Crippen molar-refractivity contribution >= 4 is 11.5 Å². The van der Waals surface area contributed by atoms with E-state index in [9.17, 15) is 15.0 Å². The fourth-order valence-electron chi connectivity index (χ4n) is 2.29. The summed E-state index contributed by atoms with van der Waals surface area (Å²) in [5, 5.41) is 19.2. The van der Waals surface area contributed by atoms with Crippen LogP contribution in [0.1, 0.15) is 10.5 Å². The third kappa shape index (κ3) is 1.97. The molecule has 1 aromatic carbocycles. The number of para-hydroxylation sites is 1. The van der Waals surface area contributed by atoms with E-state index in [2.05, 4.69) is 4.98 Å². The van der Waals surface area contributed by atoms with Gasteiger partial charge in [-0.3, -0.25) is 4.40 Å². The molecule has 0 radical (unpaired) electrons. The zero-order chi connectivity index (χ0) is 15.0. The molecule has 21 heavy (non-hydrogen) atoms. The van der Waals surface area contributed by atoms with Gasteiger partial charge in [0.1, 0.15) is 22.8 Å². The van der Waals surface area contributed by atoms with Gasteiger partial charge in [0.15, 0.2) is 5.69 Å². The number of hydrogen-bond donors (Lipinski definition) is 2. The van der Waals surface area contributed by atoms with Crippen LogP contribution in [0.2, 0.25) is 0 Å². The summed E-state index contributed by atoms with van der Waals surface area (Å²) in [7, 11) is 1.53. The number of aromatic hydroxyl groups is 1. The molecule has 3 rings (SSSR count). The Hall–Kier alpha value is -3.02. The molecular weight excluding hydrogens is 272 g/mol. The maximum absolute atomic E-state index is 11.3. The molecule has 0 unspecified atom stereocenters. The minimum atomic E-state index is -1.20. The minimum absolute atomic E-state index is 0.136. The number of nitrogens with zero attached hydrogens (tertiary/aromatic N) is 2. The molecule has 6 nitrogen and oxygen atoms in total. The summed E-state index contributed by atoms with van der Waals surface area (Å²) >= 11 is 0. The Morgan fingerprint density at radius 2 is 2.00 bits per heavy atom. The monoisotopic (exact) mass is 284 g/mol. The van der Waals surface area contributed by atoms with Crippen molar-refractivity contribution in [2.24, 2.45) is 0 Å². The zero-order valence-electron chi connectivity index (χ0n) is 11.1. The summed E-state index contributed by atoms with van der Waals surface area (Å²) in [4.78, 5) is 15.5. The van der Waals surface area contributed by atoms with Crippen LogP contribution in [0.3, 0.4) is 0 Å². The van der Waals surface area contributed by atoms with Gasteiger partial charge in [-0.05, 0) is 24.3 Å². The Kier molecular flexibility index (Phi) is 2.98. The molecule has 0 aliphatic carbocycles. The van der Waals surface area contributed by atoms with Crippen molar-refractivity contribution in [3.8, 4) is 22.9 Å². The van der Waals surface area contributed by atoms with E-state index in [1.54, 1.807) is 24.4 Å². The highest BCUT2D eigenvalue weighted by Gasteiger charge is 2.21. The summed E-state index contributed by atoms with van der Waals surface area (Å²) in [6, 6.07) is 10.2. The van der Waals surface area contributed by atoms with E-state index < -0.39 is 5.97 Å². The van der Waals surface area contributed by atoms with Crippen LogP contribution in [0.5, 0.6) is 11.5 Å². The third-order valence-corrected chi connectivity index (χ3v) is 3.19. The Labute approximate surface area is 119 Å². The Morgan fingerprint density at radius 3 is 2.71 bits per heavy atom. The van der Waals surface area contributed by atoms with Crippen molar-refractivity contribution in [2.75, 3.05) is 7.11 Å². The summed E-state index contributed by atoms with van der Waals surface area (Å²) in [5.41, 5.74) is 0.605. The van der Waals surface area contributed by atoms with Gasteiger partial charge in [0.2, 0.25) is 0 Å². The van der Waals surface area contributed by atoms with Crippen LogP contribution >= 0.6 is 0 Å². The van der Waals surface area contributed by atoms with Crippen LogP contribution in [-0.4, -0.2) is 32.7 Å². The maximum atomic E-state index is 11.3. The first-order valence-electron chi connectivity index (χ1n) is 6.20. The summed E-state index contributed by atoms with van der Waals surface area (Å²) in [6.07, 6.45) is 1.65.